The summed E-state index contributed by atoms with van der Waals surface area (Å²) in [5.74, 6) is 0.0328. The number of carbonyl (C=O) groups is 1. The molecule has 0 aliphatic carbocycles. The second kappa shape index (κ2) is 10.8. The summed E-state index contributed by atoms with van der Waals surface area (Å²) in [7, 11) is 6.28. The summed E-state index contributed by atoms with van der Waals surface area (Å²) in [6.07, 6.45) is 3.68. The molecule has 0 bridgehead atoms. The molecule has 1 heterocycles. The minimum atomic E-state index is 0.0328. The van der Waals surface area contributed by atoms with Crippen molar-refractivity contribution in [2.24, 2.45) is 0 Å². The Hall–Kier alpha value is -3.21. The highest BCUT2D eigenvalue weighted by Crippen LogP contribution is 2.30. The van der Waals surface area contributed by atoms with Gasteiger partial charge in [0.15, 0.2) is 5.78 Å². The summed E-state index contributed by atoms with van der Waals surface area (Å²) in [6, 6.07) is 23.0. The first kappa shape index (κ1) is 23.9. The van der Waals surface area contributed by atoms with Gasteiger partial charge in [0.2, 0.25) is 0 Å². The van der Waals surface area contributed by atoms with E-state index in [0.29, 0.717) is 0 Å². The third-order valence-electron chi connectivity index (χ3n) is 6.48. The lowest BCUT2D eigenvalue weighted by Crippen LogP contribution is -2.44. The van der Waals surface area contributed by atoms with Gasteiger partial charge in [0.1, 0.15) is 0 Å². The Balaban J connectivity index is 1.68. The normalized spacial score (nSPS) is 14.8. The Morgan fingerprint density at radius 2 is 1.65 bits per heavy atom. The van der Waals surface area contributed by atoms with Crippen molar-refractivity contribution in [3.05, 3.63) is 95.1 Å². The Kier molecular flexibility index (Phi) is 7.61. The summed E-state index contributed by atoms with van der Waals surface area (Å²) in [6.45, 7) is 6.96. The SMILES string of the molecule is Cc1ccccc1-c1cc(C(=O)/C=C/c2ccccc2CN(C)C)cc(N2CCN(C)CC2)c1. The van der Waals surface area contributed by atoms with Crippen LogP contribution in [0, 0.1) is 6.92 Å². The molecule has 0 N–H and O–H groups in total. The highest BCUT2D eigenvalue weighted by atomic mass is 16.1. The predicted molar refractivity (Wildman–Crippen MR) is 144 cm³/mol. The standard InChI is InChI=1S/C30H35N3O/c1-23-9-5-8-12-29(23)26-19-27(21-28(20-26)33-17-15-32(4)16-18-33)30(34)14-13-24-10-6-7-11-25(24)22-31(2)3/h5-14,19-21H,15-18,22H2,1-4H3/b14-13+. The number of likely N-dealkylation sites (N-methyl/N-ethyl adjacent to an activating group) is 1. The maximum absolute atomic E-state index is 13.4. The minimum absolute atomic E-state index is 0.0328. The summed E-state index contributed by atoms with van der Waals surface area (Å²) >= 11 is 0. The monoisotopic (exact) mass is 453 g/mol. The van der Waals surface area contributed by atoms with Crippen molar-refractivity contribution < 1.29 is 4.79 Å². The second-order valence-electron chi connectivity index (χ2n) is 9.51. The van der Waals surface area contributed by atoms with Gasteiger partial charge in [-0.25, -0.2) is 0 Å². The van der Waals surface area contributed by atoms with Gasteiger partial charge in [-0.3, -0.25) is 4.79 Å². The first-order valence-electron chi connectivity index (χ1n) is 12.0. The number of piperazine rings is 1. The highest BCUT2D eigenvalue weighted by molar-refractivity contribution is 6.08. The molecule has 0 unspecified atom stereocenters. The van der Waals surface area contributed by atoms with Crippen LogP contribution < -0.4 is 4.90 Å². The molecule has 1 saturated heterocycles. The van der Waals surface area contributed by atoms with Crippen LogP contribution in [0.25, 0.3) is 17.2 Å². The number of ketones is 1. The van der Waals surface area contributed by atoms with Crippen LogP contribution in [0.4, 0.5) is 5.69 Å². The van der Waals surface area contributed by atoms with E-state index in [2.05, 4.69) is 91.3 Å². The quantitative estimate of drug-likeness (QED) is 0.355. The molecule has 1 aliphatic rings. The Bertz CT molecular complexity index is 1170. The predicted octanol–water partition coefficient (Wildman–Crippen LogP) is 5.37. The van der Waals surface area contributed by atoms with Crippen molar-refractivity contribution in [2.75, 3.05) is 52.2 Å². The molecule has 4 heteroatoms. The van der Waals surface area contributed by atoms with Crippen LogP contribution >= 0.6 is 0 Å². The Morgan fingerprint density at radius 1 is 0.941 bits per heavy atom. The number of hydrogen-bond donors (Lipinski definition) is 0. The Morgan fingerprint density at radius 3 is 2.38 bits per heavy atom. The van der Waals surface area contributed by atoms with Crippen LogP contribution in [-0.4, -0.2) is 62.9 Å². The second-order valence-corrected chi connectivity index (χ2v) is 9.51. The summed E-state index contributed by atoms with van der Waals surface area (Å²) in [4.78, 5) is 20.3. The van der Waals surface area contributed by atoms with Gasteiger partial charge in [-0.2, -0.15) is 0 Å². The van der Waals surface area contributed by atoms with Crippen LogP contribution in [0.1, 0.15) is 27.0 Å². The summed E-state index contributed by atoms with van der Waals surface area (Å²) in [5, 5.41) is 0. The van der Waals surface area contributed by atoms with Gasteiger partial charge in [-0.15, -0.1) is 0 Å². The molecule has 3 aromatic carbocycles. The van der Waals surface area contributed by atoms with E-state index in [9.17, 15) is 4.79 Å². The number of benzene rings is 3. The minimum Gasteiger partial charge on any atom is -0.369 e. The molecule has 0 radical (unpaired) electrons. The molecule has 3 aromatic rings. The molecular formula is C30H35N3O. The van der Waals surface area contributed by atoms with E-state index >= 15 is 0 Å². The van der Waals surface area contributed by atoms with E-state index < -0.39 is 0 Å². The highest BCUT2D eigenvalue weighted by Gasteiger charge is 2.17. The van der Waals surface area contributed by atoms with Crippen LogP contribution in [-0.2, 0) is 6.54 Å². The van der Waals surface area contributed by atoms with Crippen molar-refractivity contribution >= 4 is 17.5 Å². The van der Waals surface area contributed by atoms with Gasteiger partial charge in [0.25, 0.3) is 0 Å². The number of nitrogens with zero attached hydrogens (tertiary/aromatic N) is 3. The average molecular weight is 454 g/mol. The lowest BCUT2D eigenvalue weighted by molar-refractivity contribution is 0.104. The van der Waals surface area contributed by atoms with Crippen molar-refractivity contribution in [2.45, 2.75) is 13.5 Å². The zero-order valence-corrected chi connectivity index (χ0v) is 20.8. The summed E-state index contributed by atoms with van der Waals surface area (Å²) < 4.78 is 0. The van der Waals surface area contributed by atoms with E-state index in [0.717, 1.165) is 55.1 Å². The Labute approximate surface area is 204 Å². The van der Waals surface area contributed by atoms with E-state index in [1.165, 1.54) is 16.7 Å². The van der Waals surface area contributed by atoms with Crippen LogP contribution in [0.5, 0.6) is 0 Å². The number of aryl methyl sites for hydroxylation is 1. The van der Waals surface area contributed by atoms with Crippen molar-refractivity contribution in [3.8, 4) is 11.1 Å². The topological polar surface area (TPSA) is 26.8 Å². The van der Waals surface area contributed by atoms with Crippen molar-refractivity contribution in [3.63, 3.8) is 0 Å². The molecule has 4 nitrogen and oxygen atoms in total. The number of hydrogen-bond acceptors (Lipinski definition) is 4. The van der Waals surface area contributed by atoms with Gasteiger partial charge in [0, 0.05) is 44.0 Å². The van der Waals surface area contributed by atoms with Crippen LogP contribution in [0.3, 0.4) is 0 Å². The number of anilines is 1. The molecule has 0 saturated carbocycles. The fourth-order valence-corrected chi connectivity index (χ4v) is 4.50. The molecular weight excluding hydrogens is 418 g/mol. The van der Waals surface area contributed by atoms with Crippen molar-refractivity contribution in [1.29, 1.82) is 0 Å². The smallest absolute Gasteiger partial charge is 0.185 e. The molecule has 176 valence electrons. The first-order valence-corrected chi connectivity index (χ1v) is 12.0. The molecule has 0 aromatic heterocycles. The molecule has 4 rings (SSSR count). The van der Waals surface area contributed by atoms with Crippen LogP contribution in [0.2, 0.25) is 0 Å². The van der Waals surface area contributed by atoms with Crippen LogP contribution in [0.15, 0.2) is 72.8 Å². The zero-order valence-electron chi connectivity index (χ0n) is 20.8. The third-order valence-corrected chi connectivity index (χ3v) is 6.48. The fraction of sp³-hybridized carbons (Fsp3) is 0.300. The molecule has 1 fully saturated rings. The van der Waals surface area contributed by atoms with E-state index in [1.807, 2.05) is 24.3 Å². The average Bonchev–Trinajstić information content (AvgIpc) is 2.83. The lowest BCUT2D eigenvalue weighted by atomic mass is 9.96. The first-order chi connectivity index (χ1) is 16.4. The van der Waals surface area contributed by atoms with Gasteiger partial charge in [0.05, 0.1) is 0 Å². The number of carbonyl (C=O) groups excluding carboxylic acids is 1. The zero-order chi connectivity index (χ0) is 24.1. The molecule has 0 atom stereocenters. The molecule has 1 aliphatic heterocycles. The van der Waals surface area contributed by atoms with Gasteiger partial charge >= 0.3 is 0 Å². The largest absolute Gasteiger partial charge is 0.369 e. The number of rotatable bonds is 7. The number of allylic oxidation sites excluding steroid dienone is 1. The van der Waals surface area contributed by atoms with E-state index in [-0.39, 0.29) is 5.78 Å². The summed E-state index contributed by atoms with van der Waals surface area (Å²) in [5.41, 5.74) is 7.63. The molecule has 34 heavy (non-hydrogen) atoms. The molecule has 0 spiro atoms. The maximum atomic E-state index is 13.4. The molecule has 0 amide bonds. The van der Waals surface area contributed by atoms with Gasteiger partial charge < -0.3 is 14.7 Å². The van der Waals surface area contributed by atoms with Gasteiger partial charge in [-0.05, 0) is 80.2 Å². The van der Waals surface area contributed by atoms with E-state index in [4.69, 9.17) is 0 Å². The third kappa shape index (κ3) is 5.82. The van der Waals surface area contributed by atoms with E-state index in [1.54, 1.807) is 6.08 Å². The van der Waals surface area contributed by atoms with Gasteiger partial charge in [-0.1, -0.05) is 54.6 Å². The maximum Gasteiger partial charge on any atom is 0.185 e. The van der Waals surface area contributed by atoms with Crippen molar-refractivity contribution in [1.82, 2.24) is 9.80 Å². The lowest BCUT2D eigenvalue weighted by Gasteiger charge is -2.34. The fourth-order valence-electron chi connectivity index (χ4n) is 4.50.